The van der Waals surface area contributed by atoms with Gasteiger partial charge in [0.2, 0.25) is 0 Å². The third-order valence-corrected chi connectivity index (χ3v) is 2.71. The molecule has 0 aliphatic rings. The van der Waals surface area contributed by atoms with E-state index in [0.717, 1.165) is 16.6 Å². The van der Waals surface area contributed by atoms with Crippen LogP contribution >= 0.6 is 0 Å². The third kappa shape index (κ3) is 1.58. The maximum Gasteiger partial charge on any atom is 0.123 e. The van der Waals surface area contributed by atoms with Crippen molar-refractivity contribution in [1.29, 1.82) is 0 Å². The summed E-state index contributed by atoms with van der Waals surface area (Å²) in [6, 6.07) is 10.2. The Bertz CT molecular complexity index is 688. The van der Waals surface area contributed by atoms with Crippen molar-refractivity contribution in [3.8, 4) is 11.3 Å². The largest absolute Gasteiger partial charge is 0.266 e. The van der Waals surface area contributed by atoms with Gasteiger partial charge in [0, 0.05) is 18.8 Å². The highest BCUT2D eigenvalue weighted by molar-refractivity contribution is 5.89. The van der Waals surface area contributed by atoms with E-state index >= 15 is 0 Å². The zero-order chi connectivity index (χ0) is 11.8. The van der Waals surface area contributed by atoms with E-state index in [1.807, 2.05) is 25.2 Å². The molecule has 0 atom stereocenters. The molecule has 0 saturated carbocycles. The summed E-state index contributed by atoms with van der Waals surface area (Å²) in [4.78, 5) is 4.30. The van der Waals surface area contributed by atoms with Crippen LogP contribution < -0.4 is 0 Å². The van der Waals surface area contributed by atoms with Gasteiger partial charge in [-0.05, 0) is 24.3 Å². The van der Waals surface area contributed by atoms with Crippen molar-refractivity contribution in [1.82, 2.24) is 14.8 Å². The number of nitrogens with zero attached hydrogens (tertiary/aromatic N) is 3. The predicted octanol–water partition coefficient (Wildman–Crippen LogP) is 2.77. The molecule has 1 aromatic carbocycles. The normalized spacial score (nSPS) is 10.9. The molecule has 0 spiro atoms. The first-order chi connectivity index (χ1) is 8.25. The lowest BCUT2D eigenvalue weighted by Gasteiger charge is -1.96. The molecule has 0 bridgehead atoms. The summed E-state index contributed by atoms with van der Waals surface area (Å²) in [5.74, 6) is -0.266. The lowest BCUT2D eigenvalue weighted by molar-refractivity contribution is 0.628. The minimum absolute atomic E-state index is 0.266. The van der Waals surface area contributed by atoms with Gasteiger partial charge < -0.3 is 0 Å². The number of halogens is 1. The van der Waals surface area contributed by atoms with Crippen LogP contribution in [0.5, 0.6) is 0 Å². The fourth-order valence-corrected chi connectivity index (χ4v) is 1.92. The standard InChI is InChI=1S/C13H10FN3/c1-17-11-6-3-7-15-13(11)12(16-17)9-4-2-5-10(14)8-9/h2-8H,1H3. The molecule has 17 heavy (non-hydrogen) atoms. The molecule has 0 saturated heterocycles. The Balaban J connectivity index is 2.31. The lowest BCUT2D eigenvalue weighted by Crippen LogP contribution is -1.89. The molecule has 2 aromatic heterocycles. The van der Waals surface area contributed by atoms with Gasteiger partial charge in [-0.15, -0.1) is 0 Å². The second-order valence-electron chi connectivity index (χ2n) is 3.85. The second kappa shape index (κ2) is 3.66. The van der Waals surface area contributed by atoms with Gasteiger partial charge >= 0.3 is 0 Å². The third-order valence-electron chi connectivity index (χ3n) is 2.71. The number of hydrogen-bond donors (Lipinski definition) is 0. The molecule has 0 N–H and O–H groups in total. The van der Waals surface area contributed by atoms with Crippen molar-refractivity contribution >= 4 is 11.0 Å². The molecular weight excluding hydrogens is 217 g/mol. The van der Waals surface area contributed by atoms with Gasteiger partial charge in [-0.2, -0.15) is 5.10 Å². The summed E-state index contributed by atoms with van der Waals surface area (Å²) in [7, 11) is 1.85. The molecule has 84 valence electrons. The van der Waals surface area contributed by atoms with Gasteiger partial charge in [0.15, 0.2) is 0 Å². The highest BCUT2D eigenvalue weighted by atomic mass is 19.1. The van der Waals surface area contributed by atoms with E-state index in [1.54, 1.807) is 16.9 Å². The molecule has 0 fully saturated rings. The first-order valence-corrected chi connectivity index (χ1v) is 5.29. The smallest absolute Gasteiger partial charge is 0.123 e. The number of pyridine rings is 1. The first kappa shape index (κ1) is 9.96. The van der Waals surface area contributed by atoms with Crippen molar-refractivity contribution in [3.63, 3.8) is 0 Å². The van der Waals surface area contributed by atoms with Crippen molar-refractivity contribution < 1.29 is 4.39 Å². The molecule has 0 unspecified atom stereocenters. The number of aromatic nitrogens is 3. The minimum Gasteiger partial charge on any atom is -0.266 e. The topological polar surface area (TPSA) is 30.7 Å². The van der Waals surface area contributed by atoms with Crippen LogP contribution in [0.25, 0.3) is 22.3 Å². The Morgan fingerprint density at radius 3 is 2.88 bits per heavy atom. The van der Waals surface area contributed by atoms with Crippen molar-refractivity contribution in [3.05, 3.63) is 48.4 Å². The van der Waals surface area contributed by atoms with E-state index in [-0.39, 0.29) is 5.82 Å². The average Bonchev–Trinajstić information content (AvgIpc) is 2.68. The monoisotopic (exact) mass is 227 g/mol. The Labute approximate surface area is 97.5 Å². The minimum atomic E-state index is -0.266. The number of rotatable bonds is 1. The van der Waals surface area contributed by atoms with Gasteiger partial charge in [-0.25, -0.2) is 4.39 Å². The fraction of sp³-hybridized carbons (Fsp3) is 0.0769. The summed E-state index contributed by atoms with van der Waals surface area (Å²) >= 11 is 0. The van der Waals surface area contributed by atoms with E-state index in [4.69, 9.17) is 0 Å². The quantitative estimate of drug-likeness (QED) is 0.640. The van der Waals surface area contributed by atoms with Gasteiger partial charge in [0.1, 0.15) is 17.0 Å². The Morgan fingerprint density at radius 1 is 1.18 bits per heavy atom. The van der Waals surface area contributed by atoms with E-state index in [0.29, 0.717) is 5.69 Å². The molecule has 0 amide bonds. The van der Waals surface area contributed by atoms with E-state index in [1.165, 1.54) is 12.1 Å². The van der Waals surface area contributed by atoms with Crippen molar-refractivity contribution in [2.24, 2.45) is 7.05 Å². The van der Waals surface area contributed by atoms with Crippen LogP contribution in [-0.4, -0.2) is 14.8 Å². The summed E-state index contributed by atoms with van der Waals surface area (Å²) < 4.78 is 15.0. The second-order valence-corrected chi connectivity index (χ2v) is 3.85. The average molecular weight is 227 g/mol. The maximum atomic E-state index is 13.2. The van der Waals surface area contributed by atoms with E-state index in [2.05, 4.69) is 10.1 Å². The molecule has 3 aromatic rings. The highest BCUT2D eigenvalue weighted by Crippen LogP contribution is 2.25. The number of fused-ring (bicyclic) bond motifs is 1. The fourth-order valence-electron chi connectivity index (χ4n) is 1.92. The Kier molecular flexibility index (Phi) is 2.14. The first-order valence-electron chi connectivity index (χ1n) is 5.29. The van der Waals surface area contributed by atoms with Gasteiger partial charge in [0.05, 0.1) is 5.52 Å². The molecule has 4 heteroatoms. The van der Waals surface area contributed by atoms with Crippen molar-refractivity contribution in [2.75, 3.05) is 0 Å². The van der Waals surface area contributed by atoms with Crippen LogP contribution in [0.2, 0.25) is 0 Å². The molecule has 2 heterocycles. The van der Waals surface area contributed by atoms with Crippen molar-refractivity contribution in [2.45, 2.75) is 0 Å². The summed E-state index contributed by atoms with van der Waals surface area (Å²) in [5.41, 5.74) is 3.18. The highest BCUT2D eigenvalue weighted by Gasteiger charge is 2.11. The van der Waals surface area contributed by atoms with Crippen LogP contribution in [0.4, 0.5) is 4.39 Å². The van der Waals surface area contributed by atoms with Gasteiger partial charge in [0.25, 0.3) is 0 Å². The number of hydrogen-bond acceptors (Lipinski definition) is 2. The molecule has 3 nitrogen and oxygen atoms in total. The number of aryl methyl sites for hydroxylation is 1. The zero-order valence-corrected chi connectivity index (χ0v) is 9.26. The Hall–Kier alpha value is -2.23. The van der Waals surface area contributed by atoms with E-state index in [9.17, 15) is 4.39 Å². The van der Waals surface area contributed by atoms with Crippen LogP contribution in [0.1, 0.15) is 0 Å². The zero-order valence-electron chi connectivity index (χ0n) is 9.26. The van der Waals surface area contributed by atoms with Crippen LogP contribution in [0, 0.1) is 5.82 Å². The molecule has 0 radical (unpaired) electrons. The summed E-state index contributed by atoms with van der Waals surface area (Å²) in [5, 5.41) is 4.39. The molecule has 3 rings (SSSR count). The SMILES string of the molecule is Cn1nc(-c2cccc(F)c2)c2ncccc21. The summed E-state index contributed by atoms with van der Waals surface area (Å²) in [6.07, 6.45) is 1.72. The summed E-state index contributed by atoms with van der Waals surface area (Å²) in [6.45, 7) is 0. The van der Waals surface area contributed by atoms with Crippen LogP contribution in [-0.2, 0) is 7.05 Å². The van der Waals surface area contributed by atoms with E-state index < -0.39 is 0 Å². The van der Waals surface area contributed by atoms with Crippen LogP contribution in [0.3, 0.4) is 0 Å². The van der Waals surface area contributed by atoms with Gasteiger partial charge in [-0.3, -0.25) is 9.67 Å². The Morgan fingerprint density at radius 2 is 2.06 bits per heavy atom. The molecular formula is C13H10FN3. The van der Waals surface area contributed by atoms with Gasteiger partial charge in [-0.1, -0.05) is 12.1 Å². The predicted molar refractivity (Wildman–Crippen MR) is 63.9 cm³/mol. The molecule has 0 aliphatic heterocycles. The lowest BCUT2D eigenvalue weighted by atomic mass is 10.1. The van der Waals surface area contributed by atoms with Crippen LogP contribution in [0.15, 0.2) is 42.6 Å². The maximum absolute atomic E-state index is 13.2. The molecule has 0 aliphatic carbocycles. The number of benzene rings is 1.